The first-order chi connectivity index (χ1) is 12.0. The standard InChI is InChI=1S/C19H25BrO5/c1-13(21)16-11-14-5-6-15(7-8-19(22)23)25-17(14)12-18(16)24-10-4-2-3-9-20/h11-12,15H,2-10H2,1H3,(H,22,23). The van der Waals surface area contributed by atoms with E-state index < -0.39 is 5.97 Å². The third-order valence-electron chi connectivity index (χ3n) is 4.29. The topological polar surface area (TPSA) is 72.8 Å². The lowest BCUT2D eigenvalue weighted by molar-refractivity contribution is -0.137. The van der Waals surface area contributed by atoms with Gasteiger partial charge in [-0.05, 0) is 57.1 Å². The molecule has 25 heavy (non-hydrogen) atoms. The van der Waals surface area contributed by atoms with Crippen LogP contribution in [0.25, 0.3) is 0 Å². The van der Waals surface area contributed by atoms with Crippen molar-refractivity contribution >= 4 is 27.7 Å². The van der Waals surface area contributed by atoms with Crippen LogP contribution in [0.4, 0.5) is 0 Å². The Kier molecular flexibility index (Phi) is 7.75. The van der Waals surface area contributed by atoms with Crippen LogP contribution in [0.2, 0.25) is 0 Å². The highest BCUT2D eigenvalue weighted by molar-refractivity contribution is 9.09. The Morgan fingerprint density at radius 3 is 2.80 bits per heavy atom. The Hall–Kier alpha value is -1.56. The first kappa shape index (κ1) is 19.8. The molecule has 0 aliphatic carbocycles. The number of carboxylic acid groups (broad SMARTS) is 1. The van der Waals surface area contributed by atoms with Crippen LogP contribution < -0.4 is 9.47 Å². The second-order valence-electron chi connectivity index (χ2n) is 6.32. The number of unbranched alkanes of at least 4 members (excludes halogenated alkanes) is 2. The van der Waals surface area contributed by atoms with Gasteiger partial charge < -0.3 is 14.6 Å². The van der Waals surface area contributed by atoms with Crippen molar-refractivity contribution in [3.63, 3.8) is 0 Å². The van der Waals surface area contributed by atoms with Gasteiger partial charge in [0.05, 0.1) is 18.3 Å². The fourth-order valence-corrected chi connectivity index (χ4v) is 3.30. The van der Waals surface area contributed by atoms with Crippen LogP contribution in [0.5, 0.6) is 11.5 Å². The maximum absolute atomic E-state index is 11.9. The second-order valence-corrected chi connectivity index (χ2v) is 7.11. The number of ketones is 1. The lowest BCUT2D eigenvalue weighted by atomic mass is 9.96. The fourth-order valence-electron chi connectivity index (χ4n) is 2.90. The average Bonchev–Trinajstić information content (AvgIpc) is 2.58. The summed E-state index contributed by atoms with van der Waals surface area (Å²) in [6.07, 6.45) is 5.14. The summed E-state index contributed by atoms with van der Waals surface area (Å²) < 4.78 is 11.8. The minimum atomic E-state index is -0.811. The van der Waals surface area contributed by atoms with E-state index in [1.807, 2.05) is 6.07 Å². The van der Waals surface area contributed by atoms with Crippen molar-refractivity contribution in [3.05, 3.63) is 23.3 Å². The van der Waals surface area contributed by atoms with Crippen LogP contribution >= 0.6 is 15.9 Å². The number of carbonyl (C=O) groups excluding carboxylic acids is 1. The van der Waals surface area contributed by atoms with Crippen LogP contribution in [-0.2, 0) is 11.2 Å². The van der Waals surface area contributed by atoms with E-state index in [9.17, 15) is 9.59 Å². The zero-order valence-corrected chi connectivity index (χ0v) is 16.1. The van der Waals surface area contributed by atoms with E-state index in [0.29, 0.717) is 30.1 Å². The molecule has 0 radical (unpaired) electrons. The summed E-state index contributed by atoms with van der Waals surface area (Å²) >= 11 is 3.41. The van der Waals surface area contributed by atoms with Gasteiger partial charge in [0, 0.05) is 17.8 Å². The number of carboxylic acids is 1. The molecule has 0 fully saturated rings. The van der Waals surface area contributed by atoms with Gasteiger partial charge in [-0.15, -0.1) is 0 Å². The Morgan fingerprint density at radius 1 is 1.32 bits per heavy atom. The zero-order valence-electron chi connectivity index (χ0n) is 14.6. The van der Waals surface area contributed by atoms with E-state index in [2.05, 4.69) is 15.9 Å². The van der Waals surface area contributed by atoms with Crippen LogP contribution in [0, 0.1) is 0 Å². The van der Waals surface area contributed by atoms with E-state index in [4.69, 9.17) is 14.6 Å². The highest BCUT2D eigenvalue weighted by atomic mass is 79.9. The summed E-state index contributed by atoms with van der Waals surface area (Å²) in [6.45, 7) is 2.10. The Balaban J connectivity index is 2.07. The van der Waals surface area contributed by atoms with Gasteiger partial charge in [-0.25, -0.2) is 0 Å². The summed E-state index contributed by atoms with van der Waals surface area (Å²) in [5.41, 5.74) is 1.58. The minimum absolute atomic E-state index is 0.0220. The first-order valence-corrected chi connectivity index (χ1v) is 9.88. The monoisotopic (exact) mass is 412 g/mol. The molecule has 1 unspecified atom stereocenters. The quantitative estimate of drug-likeness (QED) is 0.350. The van der Waals surface area contributed by atoms with Crippen molar-refractivity contribution < 1.29 is 24.2 Å². The van der Waals surface area contributed by atoms with Gasteiger partial charge in [0.25, 0.3) is 0 Å². The van der Waals surface area contributed by atoms with Crippen LogP contribution in [0.3, 0.4) is 0 Å². The lowest BCUT2D eigenvalue weighted by Crippen LogP contribution is -2.24. The molecule has 0 amide bonds. The summed E-state index contributed by atoms with van der Waals surface area (Å²) in [4.78, 5) is 22.7. The molecule has 1 aliphatic rings. The first-order valence-electron chi connectivity index (χ1n) is 8.76. The van der Waals surface area contributed by atoms with Crippen LogP contribution in [-0.4, -0.2) is 34.9 Å². The maximum Gasteiger partial charge on any atom is 0.303 e. The number of rotatable bonds is 10. The number of hydrogen-bond donors (Lipinski definition) is 1. The summed E-state index contributed by atoms with van der Waals surface area (Å²) in [6, 6.07) is 3.66. The molecule has 1 N–H and O–H groups in total. The van der Waals surface area contributed by atoms with Crippen LogP contribution in [0.1, 0.15) is 61.4 Å². The van der Waals surface area contributed by atoms with E-state index in [1.54, 1.807) is 13.0 Å². The molecule has 1 aromatic rings. The molecule has 5 nitrogen and oxygen atoms in total. The van der Waals surface area contributed by atoms with Gasteiger partial charge in [0.2, 0.25) is 0 Å². The summed E-state index contributed by atoms with van der Waals surface area (Å²) in [7, 11) is 0. The molecule has 0 bridgehead atoms. The lowest BCUT2D eigenvalue weighted by Gasteiger charge is -2.27. The fraction of sp³-hybridized carbons (Fsp3) is 0.579. The van der Waals surface area contributed by atoms with E-state index in [-0.39, 0.29) is 18.3 Å². The number of ether oxygens (including phenoxy) is 2. The molecule has 1 aromatic carbocycles. The predicted octanol–water partition coefficient (Wildman–Crippen LogP) is 4.39. The Morgan fingerprint density at radius 2 is 2.12 bits per heavy atom. The molecular weight excluding hydrogens is 388 g/mol. The number of halogens is 1. The molecule has 1 aliphatic heterocycles. The number of carbonyl (C=O) groups is 2. The predicted molar refractivity (Wildman–Crippen MR) is 99.2 cm³/mol. The highest BCUT2D eigenvalue weighted by Crippen LogP contribution is 2.35. The average molecular weight is 413 g/mol. The van der Waals surface area contributed by atoms with Crippen molar-refractivity contribution in [3.8, 4) is 11.5 Å². The van der Waals surface area contributed by atoms with Crippen molar-refractivity contribution in [1.29, 1.82) is 0 Å². The molecule has 0 spiro atoms. The molecule has 1 heterocycles. The van der Waals surface area contributed by atoms with E-state index in [0.717, 1.165) is 43.0 Å². The smallest absolute Gasteiger partial charge is 0.303 e. The summed E-state index contributed by atoms with van der Waals surface area (Å²) in [5, 5.41) is 9.81. The maximum atomic E-state index is 11.9. The molecule has 0 aromatic heterocycles. The summed E-state index contributed by atoms with van der Waals surface area (Å²) in [5.74, 6) is 0.436. The van der Waals surface area contributed by atoms with Gasteiger partial charge in [0.15, 0.2) is 5.78 Å². The third kappa shape index (κ3) is 6.03. The van der Waals surface area contributed by atoms with Crippen molar-refractivity contribution in [2.24, 2.45) is 0 Å². The zero-order chi connectivity index (χ0) is 18.2. The van der Waals surface area contributed by atoms with E-state index >= 15 is 0 Å². The second kappa shape index (κ2) is 9.80. The number of hydrogen-bond acceptors (Lipinski definition) is 4. The van der Waals surface area contributed by atoms with Gasteiger partial charge in [-0.3, -0.25) is 9.59 Å². The number of aliphatic carboxylic acids is 1. The van der Waals surface area contributed by atoms with Gasteiger partial charge in [0.1, 0.15) is 11.5 Å². The van der Waals surface area contributed by atoms with E-state index in [1.165, 1.54) is 0 Å². The highest BCUT2D eigenvalue weighted by Gasteiger charge is 2.23. The molecular formula is C19H25BrO5. The van der Waals surface area contributed by atoms with Crippen molar-refractivity contribution in [1.82, 2.24) is 0 Å². The minimum Gasteiger partial charge on any atom is -0.493 e. The van der Waals surface area contributed by atoms with Crippen molar-refractivity contribution in [2.45, 2.75) is 58.0 Å². The Bertz CT molecular complexity index is 614. The molecule has 0 saturated carbocycles. The van der Waals surface area contributed by atoms with Gasteiger partial charge in [-0.1, -0.05) is 15.9 Å². The largest absolute Gasteiger partial charge is 0.493 e. The van der Waals surface area contributed by atoms with Crippen LogP contribution in [0.15, 0.2) is 12.1 Å². The SMILES string of the molecule is CC(=O)c1cc2c(cc1OCCCCCBr)OC(CCC(=O)O)CC2. The van der Waals surface area contributed by atoms with Gasteiger partial charge >= 0.3 is 5.97 Å². The number of alkyl halides is 1. The normalized spacial score (nSPS) is 16.0. The van der Waals surface area contributed by atoms with Gasteiger partial charge in [-0.2, -0.15) is 0 Å². The number of fused-ring (bicyclic) bond motifs is 1. The molecule has 138 valence electrons. The number of Topliss-reactive ketones (excluding diaryl/α,β-unsaturated/α-hetero) is 1. The van der Waals surface area contributed by atoms with Crippen molar-refractivity contribution in [2.75, 3.05) is 11.9 Å². The molecule has 2 rings (SSSR count). The molecule has 6 heteroatoms. The number of aryl methyl sites for hydroxylation is 1. The Labute approximate surface area is 156 Å². The molecule has 1 atom stereocenters. The number of benzene rings is 1. The molecule has 0 saturated heterocycles. The third-order valence-corrected chi connectivity index (χ3v) is 4.85.